The van der Waals surface area contributed by atoms with E-state index < -0.39 is 0 Å². The van der Waals surface area contributed by atoms with E-state index in [0.717, 1.165) is 5.69 Å². The van der Waals surface area contributed by atoms with E-state index in [2.05, 4.69) is 193 Å². The van der Waals surface area contributed by atoms with Crippen LogP contribution in [-0.4, -0.2) is 0 Å². The zero-order valence-electron chi connectivity index (χ0n) is 27.7. The molecule has 0 amide bonds. The molecular weight excluding hydrogens is 655 g/mol. The summed E-state index contributed by atoms with van der Waals surface area (Å²) in [5, 5.41) is 5.16. The van der Waals surface area contributed by atoms with Gasteiger partial charge in [0.05, 0.1) is 16.1 Å². The molecular formula is C48H31NS2. The van der Waals surface area contributed by atoms with Crippen LogP contribution in [0.2, 0.25) is 0 Å². The van der Waals surface area contributed by atoms with Crippen LogP contribution in [-0.2, 0) is 0 Å². The summed E-state index contributed by atoms with van der Waals surface area (Å²) in [6.45, 7) is 0. The molecule has 0 aliphatic heterocycles. The molecule has 0 aliphatic rings. The minimum atomic E-state index is 1.13. The zero-order chi connectivity index (χ0) is 33.7. The third kappa shape index (κ3) is 5.13. The number of benzene rings is 8. The second kappa shape index (κ2) is 12.4. The number of anilines is 3. The quantitative estimate of drug-likeness (QED) is 0.168. The summed E-state index contributed by atoms with van der Waals surface area (Å²) in [5.74, 6) is 0. The van der Waals surface area contributed by atoms with Crippen LogP contribution in [0.25, 0.3) is 73.7 Å². The Bertz CT molecular complexity index is 2850. The first-order chi connectivity index (χ1) is 25.3. The molecule has 0 aliphatic carbocycles. The van der Waals surface area contributed by atoms with Crippen molar-refractivity contribution in [3.63, 3.8) is 0 Å². The minimum absolute atomic E-state index is 1.13. The van der Waals surface area contributed by atoms with Gasteiger partial charge < -0.3 is 4.90 Å². The molecule has 8 aromatic carbocycles. The summed E-state index contributed by atoms with van der Waals surface area (Å²) in [4.78, 5) is 2.53. The molecule has 2 heterocycles. The lowest BCUT2D eigenvalue weighted by atomic mass is 9.97. The Morgan fingerprint density at radius 3 is 1.67 bits per heavy atom. The summed E-state index contributed by atoms with van der Waals surface area (Å²) in [6, 6.07) is 68.6. The minimum Gasteiger partial charge on any atom is -0.308 e. The van der Waals surface area contributed by atoms with E-state index in [0.29, 0.717) is 0 Å². The Morgan fingerprint density at radius 1 is 0.353 bits per heavy atom. The molecule has 0 N–H and O–H groups in total. The molecule has 3 heteroatoms. The molecule has 1 nitrogen and oxygen atoms in total. The van der Waals surface area contributed by atoms with Crippen molar-refractivity contribution < 1.29 is 0 Å². The fourth-order valence-corrected chi connectivity index (χ4v) is 9.86. The molecule has 0 fully saturated rings. The smallest absolute Gasteiger partial charge is 0.0718 e. The van der Waals surface area contributed by atoms with E-state index in [4.69, 9.17) is 0 Å². The number of rotatable bonds is 6. The second-order valence-corrected chi connectivity index (χ2v) is 15.0. The maximum atomic E-state index is 2.53. The van der Waals surface area contributed by atoms with Gasteiger partial charge in [-0.3, -0.25) is 0 Å². The Kier molecular flexibility index (Phi) is 7.26. The third-order valence-corrected chi connectivity index (χ3v) is 12.2. The summed E-state index contributed by atoms with van der Waals surface area (Å²) in [5.41, 5.74) is 10.8. The molecule has 0 saturated heterocycles. The number of thiophene rings is 2. The fraction of sp³-hybridized carbons (Fsp3) is 0. The number of hydrogen-bond acceptors (Lipinski definition) is 3. The highest BCUT2D eigenvalue weighted by Crippen LogP contribution is 2.52. The summed E-state index contributed by atoms with van der Waals surface area (Å²) in [7, 11) is 0. The SMILES string of the molecule is c1ccc(-c2cccc(-c3ccc(N(c4c(-c5ccccc5)ccc5c4sc4ccccc45)c4cccc5sc6ccccc6c45)cc3)c2)cc1. The lowest BCUT2D eigenvalue weighted by Crippen LogP contribution is -2.12. The van der Waals surface area contributed by atoms with Crippen LogP contribution in [0.1, 0.15) is 0 Å². The Hall–Kier alpha value is -6.00. The number of hydrogen-bond donors (Lipinski definition) is 0. The third-order valence-electron chi connectivity index (χ3n) is 9.88. The maximum Gasteiger partial charge on any atom is 0.0718 e. The van der Waals surface area contributed by atoms with Gasteiger partial charge in [-0.05, 0) is 70.3 Å². The first-order valence-corrected chi connectivity index (χ1v) is 18.9. The topological polar surface area (TPSA) is 3.24 Å². The molecule has 0 radical (unpaired) electrons. The monoisotopic (exact) mass is 685 g/mol. The van der Waals surface area contributed by atoms with Crippen LogP contribution in [0.3, 0.4) is 0 Å². The lowest BCUT2D eigenvalue weighted by Gasteiger charge is -2.29. The van der Waals surface area contributed by atoms with Crippen molar-refractivity contribution in [1.29, 1.82) is 0 Å². The molecule has 0 unspecified atom stereocenters. The van der Waals surface area contributed by atoms with Crippen LogP contribution in [0.15, 0.2) is 188 Å². The number of fused-ring (bicyclic) bond motifs is 6. The molecule has 240 valence electrons. The van der Waals surface area contributed by atoms with Crippen LogP contribution >= 0.6 is 22.7 Å². The highest BCUT2D eigenvalue weighted by Gasteiger charge is 2.25. The first kappa shape index (κ1) is 29.9. The molecule has 51 heavy (non-hydrogen) atoms. The molecule has 0 atom stereocenters. The van der Waals surface area contributed by atoms with E-state index in [1.54, 1.807) is 0 Å². The average molecular weight is 686 g/mol. The van der Waals surface area contributed by atoms with Crippen molar-refractivity contribution in [3.05, 3.63) is 188 Å². The summed E-state index contributed by atoms with van der Waals surface area (Å²) >= 11 is 3.75. The van der Waals surface area contributed by atoms with Gasteiger partial charge in [-0.25, -0.2) is 0 Å². The van der Waals surface area contributed by atoms with Crippen molar-refractivity contribution in [3.8, 4) is 33.4 Å². The molecule has 0 bridgehead atoms. The van der Waals surface area contributed by atoms with Crippen molar-refractivity contribution in [2.45, 2.75) is 0 Å². The van der Waals surface area contributed by atoms with Gasteiger partial charge >= 0.3 is 0 Å². The second-order valence-electron chi connectivity index (χ2n) is 12.9. The first-order valence-electron chi connectivity index (χ1n) is 17.3. The van der Waals surface area contributed by atoms with Crippen molar-refractivity contribution >= 4 is 80.1 Å². The predicted octanol–water partition coefficient (Wildman–Crippen LogP) is 14.9. The average Bonchev–Trinajstić information content (AvgIpc) is 3.78. The molecule has 0 spiro atoms. The fourth-order valence-electron chi connectivity index (χ4n) is 7.49. The largest absolute Gasteiger partial charge is 0.308 e. The van der Waals surface area contributed by atoms with Crippen molar-refractivity contribution in [2.24, 2.45) is 0 Å². The Balaban J connectivity index is 1.24. The van der Waals surface area contributed by atoms with E-state index >= 15 is 0 Å². The van der Waals surface area contributed by atoms with Gasteiger partial charge in [0, 0.05) is 46.9 Å². The maximum absolute atomic E-state index is 2.53. The molecule has 10 aromatic rings. The zero-order valence-corrected chi connectivity index (χ0v) is 29.3. The van der Waals surface area contributed by atoms with E-state index in [-0.39, 0.29) is 0 Å². The predicted molar refractivity (Wildman–Crippen MR) is 223 cm³/mol. The molecule has 10 rings (SSSR count). The van der Waals surface area contributed by atoms with Gasteiger partial charge in [0.25, 0.3) is 0 Å². The van der Waals surface area contributed by atoms with Gasteiger partial charge in [0.15, 0.2) is 0 Å². The van der Waals surface area contributed by atoms with Gasteiger partial charge in [0.2, 0.25) is 0 Å². The van der Waals surface area contributed by atoms with Crippen LogP contribution in [0.4, 0.5) is 17.1 Å². The van der Waals surface area contributed by atoms with Gasteiger partial charge in [-0.1, -0.05) is 146 Å². The molecule has 2 aromatic heterocycles. The lowest BCUT2D eigenvalue weighted by molar-refractivity contribution is 1.32. The van der Waals surface area contributed by atoms with Crippen LogP contribution in [0.5, 0.6) is 0 Å². The Labute approximate surface area is 304 Å². The van der Waals surface area contributed by atoms with Crippen LogP contribution < -0.4 is 4.90 Å². The van der Waals surface area contributed by atoms with Crippen molar-refractivity contribution in [2.75, 3.05) is 4.90 Å². The van der Waals surface area contributed by atoms with Gasteiger partial charge in [0.1, 0.15) is 0 Å². The Morgan fingerprint density at radius 2 is 0.922 bits per heavy atom. The van der Waals surface area contributed by atoms with Gasteiger partial charge in [-0.2, -0.15) is 0 Å². The van der Waals surface area contributed by atoms with Gasteiger partial charge in [-0.15, -0.1) is 22.7 Å². The van der Waals surface area contributed by atoms with Crippen molar-refractivity contribution in [1.82, 2.24) is 0 Å². The summed E-state index contributed by atoms with van der Waals surface area (Å²) < 4.78 is 5.18. The van der Waals surface area contributed by atoms with E-state index in [1.807, 2.05) is 22.7 Å². The molecule has 0 saturated carbocycles. The standard InChI is InChI=1S/C48H31NS2/c1-3-13-32(14-4-1)35-17-11-18-36(31-35)33-25-27-37(28-26-33)49(42-21-12-24-45-46(42)41-20-8-10-23-44(41)50-45)47-38(34-15-5-2-6-16-34)29-30-40-39-19-7-9-22-43(39)51-48(40)47/h1-31H. The normalized spacial score (nSPS) is 11.5. The van der Waals surface area contributed by atoms with E-state index in [1.165, 1.54) is 85.1 Å². The van der Waals surface area contributed by atoms with E-state index in [9.17, 15) is 0 Å². The number of nitrogens with zero attached hydrogens (tertiary/aromatic N) is 1. The van der Waals surface area contributed by atoms with Crippen LogP contribution in [0, 0.1) is 0 Å². The summed E-state index contributed by atoms with van der Waals surface area (Å²) in [6.07, 6.45) is 0. The highest BCUT2D eigenvalue weighted by atomic mass is 32.1. The highest BCUT2D eigenvalue weighted by molar-refractivity contribution is 7.26.